The highest BCUT2D eigenvalue weighted by Gasteiger charge is 2.46. The number of likely N-dealkylation sites (N-methyl/N-ethyl adjacent to an activating group) is 1. The Balaban J connectivity index is 1.64. The SMILES string of the molecule is CCN1C(=O)C(NC(=O)c2cccc(C(F)(F)F)c2)C(c2ccsc2C)c2c(C)nn(-c3ccccc3)c21. The van der Waals surface area contributed by atoms with Crippen LogP contribution in [0.3, 0.4) is 0 Å². The van der Waals surface area contributed by atoms with E-state index in [2.05, 4.69) is 5.32 Å². The minimum absolute atomic E-state index is 0.168. The van der Waals surface area contributed by atoms with E-state index in [4.69, 9.17) is 5.10 Å². The molecule has 3 heterocycles. The molecule has 0 spiro atoms. The fraction of sp³-hybridized carbons (Fsp3) is 0.250. The van der Waals surface area contributed by atoms with E-state index in [1.165, 1.54) is 23.5 Å². The predicted molar refractivity (Wildman–Crippen MR) is 140 cm³/mol. The smallest absolute Gasteiger partial charge is 0.339 e. The lowest BCUT2D eigenvalue weighted by Gasteiger charge is -2.38. The lowest BCUT2D eigenvalue weighted by molar-refractivity contribution is -0.137. The van der Waals surface area contributed by atoms with Gasteiger partial charge in [0.1, 0.15) is 11.9 Å². The van der Waals surface area contributed by atoms with E-state index in [-0.39, 0.29) is 11.5 Å². The molecule has 10 heteroatoms. The standard InChI is InChI=1S/C28H25F3N4O2S/c1-4-34-26-22(16(2)33-35(26)20-11-6-5-7-12-20)23(21-13-14-38-17(21)3)24(27(34)37)32-25(36)18-9-8-10-19(15-18)28(29,30)31/h5-15,23-24H,4H2,1-3H3,(H,32,36). The number of nitrogens with zero attached hydrogens (tertiary/aromatic N) is 3. The van der Waals surface area contributed by atoms with Gasteiger partial charge in [0.2, 0.25) is 0 Å². The van der Waals surface area contributed by atoms with Gasteiger partial charge in [0.05, 0.1) is 16.9 Å². The van der Waals surface area contributed by atoms with Crippen molar-refractivity contribution in [2.75, 3.05) is 11.4 Å². The van der Waals surface area contributed by atoms with Crippen molar-refractivity contribution >= 4 is 29.0 Å². The van der Waals surface area contributed by atoms with E-state index in [1.807, 2.05) is 62.5 Å². The van der Waals surface area contributed by atoms with Crippen LogP contribution in [0.5, 0.6) is 0 Å². The number of nitrogens with one attached hydrogen (secondary N) is 1. The maximum atomic E-state index is 14.0. The van der Waals surface area contributed by atoms with Crippen LogP contribution in [0, 0.1) is 13.8 Å². The quantitative estimate of drug-likeness (QED) is 0.346. The largest absolute Gasteiger partial charge is 0.416 e. The second-order valence-electron chi connectivity index (χ2n) is 9.09. The highest BCUT2D eigenvalue weighted by molar-refractivity contribution is 7.10. The van der Waals surface area contributed by atoms with E-state index >= 15 is 0 Å². The Morgan fingerprint density at radius 3 is 2.45 bits per heavy atom. The van der Waals surface area contributed by atoms with Gasteiger partial charge in [0, 0.05) is 28.5 Å². The van der Waals surface area contributed by atoms with Gasteiger partial charge in [-0.25, -0.2) is 4.68 Å². The summed E-state index contributed by atoms with van der Waals surface area (Å²) in [5.41, 5.74) is 2.05. The molecule has 38 heavy (non-hydrogen) atoms. The van der Waals surface area contributed by atoms with Crippen molar-refractivity contribution in [2.45, 2.75) is 38.9 Å². The maximum absolute atomic E-state index is 14.0. The van der Waals surface area contributed by atoms with Crippen molar-refractivity contribution in [3.05, 3.63) is 98.9 Å². The van der Waals surface area contributed by atoms with Gasteiger partial charge < -0.3 is 5.32 Å². The summed E-state index contributed by atoms with van der Waals surface area (Å²) in [6, 6.07) is 14.6. The number of amides is 2. The van der Waals surface area contributed by atoms with Crippen LogP contribution >= 0.6 is 11.3 Å². The highest BCUT2D eigenvalue weighted by Crippen LogP contribution is 2.45. The lowest BCUT2D eigenvalue weighted by Crippen LogP contribution is -2.55. The zero-order chi connectivity index (χ0) is 27.2. The fourth-order valence-corrected chi connectivity index (χ4v) is 5.80. The van der Waals surface area contributed by atoms with Gasteiger partial charge in [0.15, 0.2) is 0 Å². The summed E-state index contributed by atoms with van der Waals surface area (Å²) < 4.78 is 41.6. The number of para-hydroxylation sites is 1. The first-order valence-corrected chi connectivity index (χ1v) is 13.0. The van der Waals surface area contributed by atoms with Crippen molar-refractivity contribution in [1.29, 1.82) is 0 Å². The number of aromatic nitrogens is 2. The van der Waals surface area contributed by atoms with Gasteiger partial charge in [-0.1, -0.05) is 24.3 Å². The van der Waals surface area contributed by atoms with Crippen molar-refractivity contribution in [1.82, 2.24) is 15.1 Å². The van der Waals surface area contributed by atoms with Gasteiger partial charge in [-0.3, -0.25) is 14.5 Å². The summed E-state index contributed by atoms with van der Waals surface area (Å²) in [7, 11) is 0. The Bertz CT molecular complexity index is 1510. The van der Waals surface area contributed by atoms with Crippen LogP contribution in [0.1, 0.15) is 50.5 Å². The summed E-state index contributed by atoms with van der Waals surface area (Å²) in [4.78, 5) is 29.9. The molecular formula is C28H25F3N4O2S. The molecule has 2 amide bonds. The molecular weight excluding hydrogens is 513 g/mol. The molecule has 0 fully saturated rings. The molecule has 0 radical (unpaired) electrons. The molecule has 4 aromatic rings. The molecule has 196 valence electrons. The zero-order valence-electron chi connectivity index (χ0n) is 20.9. The number of benzene rings is 2. The number of fused-ring (bicyclic) bond motifs is 1. The average molecular weight is 539 g/mol. The average Bonchev–Trinajstić information content (AvgIpc) is 3.47. The highest BCUT2D eigenvalue weighted by atomic mass is 32.1. The van der Waals surface area contributed by atoms with Crippen molar-refractivity contribution in [2.24, 2.45) is 0 Å². The van der Waals surface area contributed by atoms with Crippen LogP contribution < -0.4 is 10.2 Å². The van der Waals surface area contributed by atoms with Crippen LogP contribution in [0.4, 0.5) is 19.0 Å². The first-order valence-electron chi connectivity index (χ1n) is 12.1. The topological polar surface area (TPSA) is 67.2 Å². The predicted octanol–water partition coefficient (Wildman–Crippen LogP) is 5.87. The lowest BCUT2D eigenvalue weighted by atomic mass is 9.81. The number of carbonyl (C=O) groups excluding carboxylic acids is 2. The van der Waals surface area contributed by atoms with E-state index in [1.54, 1.807) is 9.58 Å². The van der Waals surface area contributed by atoms with Gasteiger partial charge in [-0.15, -0.1) is 11.3 Å². The van der Waals surface area contributed by atoms with Crippen molar-refractivity contribution in [3.8, 4) is 5.69 Å². The number of thiophene rings is 1. The molecule has 2 aromatic carbocycles. The Morgan fingerprint density at radius 1 is 1.08 bits per heavy atom. The van der Waals surface area contributed by atoms with Gasteiger partial charge >= 0.3 is 6.18 Å². The number of anilines is 1. The number of carbonyl (C=O) groups is 2. The van der Waals surface area contributed by atoms with Gasteiger partial charge in [-0.2, -0.15) is 18.3 Å². The van der Waals surface area contributed by atoms with Crippen molar-refractivity contribution < 1.29 is 22.8 Å². The Kier molecular flexibility index (Phi) is 6.60. The normalized spacial score (nSPS) is 17.4. The molecule has 1 aliphatic rings. The molecule has 2 unspecified atom stereocenters. The molecule has 1 aliphatic heterocycles. The molecule has 0 saturated heterocycles. The summed E-state index contributed by atoms with van der Waals surface area (Å²) in [5.74, 6) is -1.05. The number of hydrogen-bond donors (Lipinski definition) is 1. The van der Waals surface area contributed by atoms with E-state index in [9.17, 15) is 22.8 Å². The third-order valence-electron chi connectivity index (χ3n) is 6.80. The number of hydrogen-bond acceptors (Lipinski definition) is 4. The summed E-state index contributed by atoms with van der Waals surface area (Å²) in [5, 5.41) is 9.48. The van der Waals surface area contributed by atoms with Gasteiger partial charge in [0.25, 0.3) is 11.8 Å². The Labute approximate surface area is 221 Å². The number of halogens is 3. The molecule has 0 bridgehead atoms. The second-order valence-corrected chi connectivity index (χ2v) is 10.2. The molecule has 0 aliphatic carbocycles. The number of rotatable bonds is 5. The molecule has 2 aromatic heterocycles. The zero-order valence-corrected chi connectivity index (χ0v) is 21.7. The fourth-order valence-electron chi connectivity index (χ4n) is 5.05. The van der Waals surface area contributed by atoms with Crippen LogP contribution in [-0.4, -0.2) is 34.2 Å². The maximum Gasteiger partial charge on any atom is 0.416 e. The van der Waals surface area contributed by atoms with Crippen LogP contribution in [0.25, 0.3) is 5.69 Å². The summed E-state index contributed by atoms with van der Waals surface area (Å²) in [6.45, 7) is 5.96. The second kappa shape index (κ2) is 9.75. The van der Waals surface area contributed by atoms with E-state index in [0.717, 1.165) is 33.8 Å². The Hall–Kier alpha value is -3.92. The minimum Gasteiger partial charge on any atom is -0.339 e. The van der Waals surface area contributed by atoms with E-state index in [0.29, 0.717) is 18.1 Å². The van der Waals surface area contributed by atoms with Crippen LogP contribution in [0.2, 0.25) is 0 Å². The molecule has 0 saturated carbocycles. The third kappa shape index (κ3) is 4.38. The molecule has 1 N–H and O–H groups in total. The third-order valence-corrected chi connectivity index (χ3v) is 7.66. The van der Waals surface area contributed by atoms with Gasteiger partial charge in [-0.05, 0) is 68.1 Å². The van der Waals surface area contributed by atoms with Crippen molar-refractivity contribution in [3.63, 3.8) is 0 Å². The number of aryl methyl sites for hydroxylation is 2. The first kappa shape index (κ1) is 25.7. The minimum atomic E-state index is -4.59. The van der Waals surface area contributed by atoms with Crippen LogP contribution in [0.15, 0.2) is 66.0 Å². The molecule has 2 atom stereocenters. The number of alkyl halides is 3. The van der Waals surface area contributed by atoms with E-state index < -0.39 is 29.6 Å². The summed E-state index contributed by atoms with van der Waals surface area (Å²) >= 11 is 1.52. The molecule has 5 rings (SSSR count). The summed E-state index contributed by atoms with van der Waals surface area (Å²) in [6.07, 6.45) is -4.59. The monoisotopic (exact) mass is 538 g/mol. The van der Waals surface area contributed by atoms with Crippen LogP contribution in [-0.2, 0) is 11.0 Å². The Morgan fingerprint density at radius 2 is 1.82 bits per heavy atom. The molecule has 6 nitrogen and oxygen atoms in total. The first-order chi connectivity index (χ1) is 18.1.